The number of ether oxygens (including phenoxy) is 2. The molecule has 0 heterocycles. The summed E-state index contributed by atoms with van der Waals surface area (Å²) in [5.74, 6) is -1.57. The third-order valence-electron chi connectivity index (χ3n) is 2.90. The summed E-state index contributed by atoms with van der Waals surface area (Å²) in [5, 5.41) is 0.351. The minimum atomic E-state index is -3.09. The Balaban J connectivity index is 2.47. The summed E-state index contributed by atoms with van der Waals surface area (Å²) in [6.45, 7) is -3.09. The second kappa shape index (κ2) is 7.19. The van der Waals surface area contributed by atoms with Crippen LogP contribution in [0.4, 0.5) is 8.78 Å². The fraction of sp³-hybridized carbons (Fsp3) is 0.125. The first-order valence-corrected chi connectivity index (χ1v) is 6.77. The van der Waals surface area contributed by atoms with E-state index in [0.29, 0.717) is 5.02 Å². The number of hydrogen-bond donors (Lipinski definition) is 0. The SMILES string of the molecule is COC(=O)c1cc(OC(F)F)cc(C(=O)c2cccc(Cl)c2)c1. The maximum atomic E-state index is 12.4. The highest BCUT2D eigenvalue weighted by Crippen LogP contribution is 2.23. The number of carbonyl (C=O) groups is 2. The largest absolute Gasteiger partial charge is 0.465 e. The molecule has 7 heteroatoms. The van der Waals surface area contributed by atoms with Crippen molar-refractivity contribution in [3.63, 3.8) is 0 Å². The average molecular weight is 341 g/mol. The van der Waals surface area contributed by atoms with Gasteiger partial charge in [0.1, 0.15) is 5.75 Å². The monoisotopic (exact) mass is 340 g/mol. The normalized spacial score (nSPS) is 10.5. The van der Waals surface area contributed by atoms with Crippen LogP contribution >= 0.6 is 11.6 Å². The van der Waals surface area contributed by atoms with E-state index in [0.717, 1.165) is 19.2 Å². The zero-order valence-corrected chi connectivity index (χ0v) is 12.6. The minimum absolute atomic E-state index is 0.00539. The molecule has 0 aliphatic rings. The third kappa shape index (κ3) is 4.26. The first kappa shape index (κ1) is 16.9. The van der Waals surface area contributed by atoms with Crippen molar-refractivity contribution in [3.8, 4) is 5.75 Å². The van der Waals surface area contributed by atoms with Gasteiger partial charge in [0.2, 0.25) is 0 Å². The number of ketones is 1. The fourth-order valence-electron chi connectivity index (χ4n) is 1.93. The van der Waals surface area contributed by atoms with Gasteiger partial charge in [-0.15, -0.1) is 0 Å². The number of alkyl halides is 2. The Kier molecular flexibility index (Phi) is 5.28. The van der Waals surface area contributed by atoms with E-state index in [2.05, 4.69) is 9.47 Å². The van der Waals surface area contributed by atoms with Crippen molar-refractivity contribution >= 4 is 23.4 Å². The molecular formula is C16H11ClF2O4. The van der Waals surface area contributed by atoms with Gasteiger partial charge in [-0.3, -0.25) is 4.79 Å². The lowest BCUT2D eigenvalue weighted by atomic mass is 10.0. The van der Waals surface area contributed by atoms with Crippen molar-refractivity contribution in [3.05, 3.63) is 64.2 Å². The van der Waals surface area contributed by atoms with Crippen molar-refractivity contribution in [2.75, 3.05) is 7.11 Å². The molecule has 120 valence electrons. The van der Waals surface area contributed by atoms with E-state index in [9.17, 15) is 18.4 Å². The van der Waals surface area contributed by atoms with Crippen LogP contribution in [0.1, 0.15) is 26.3 Å². The van der Waals surface area contributed by atoms with Gasteiger partial charge in [-0.2, -0.15) is 8.78 Å². The Morgan fingerprint density at radius 1 is 1.04 bits per heavy atom. The van der Waals surface area contributed by atoms with Gasteiger partial charge in [-0.1, -0.05) is 23.7 Å². The number of hydrogen-bond acceptors (Lipinski definition) is 4. The van der Waals surface area contributed by atoms with Crippen LogP contribution in [0.25, 0.3) is 0 Å². The fourth-order valence-corrected chi connectivity index (χ4v) is 2.12. The van der Waals surface area contributed by atoms with Crippen LogP contribution in [0.3, 0.4) is 0 Å². The lowest BCUT2D eigenvalue weighted by Crippen LogP contribution is -2.09. The molecule has 0 aliphatic carbocycles. The van der Waals surface area contributed by atoms with E-state index in [1.54, 1.807) is 12.1 Å². The van der Waals surface area contributed by atoms with Gasteiger partial charge in [-0.25, -0.2) is 4.79 Å². The molecule has 23 heavy (non-hydrogen) atoms. The van der Waals surface area contributed by atoms with Crippen molar-refractivity contribution in [1.82, 2.24) is 0 Å². The van der Waals surface area contributed by atoms with E-state index in [4.69, 9.17) is 11.6 Å². The van der Waals surface area contributed by atoms with Gasteiger partial charge in [-0.05, 0) is 30.3 Å². The molecule has 2 aromatic rings. The lowest BCUT2D eigenvalue weighted by molar-refractivity contribution is -0.0499. The van der Waals surface area contributed by atoms with Gasteiger partial charge >= 0.3 is 12.6 Å². The van der Waals surface area contributed by atoms with Crippen molar-refractivity contribution in [1.29, 1.82) is 0 Å². The Morgan fingerprint density at radius 2 is 1.74 bits per heavy atom. The quantitative estimate of drug-likeness (QED) is 0.610. The Bertz CT molecular complexity index is 747. The molecule has 0 bridgehead atoms. The van der Waals surface area contributed by atoms with E-state index in [-0.39, 0.29) is 22.4 Å². The summed E-state index contributed by atoms with van der Waals surface area (Å²) in [6, 6.07) is 9.57. The molecule has 0 aliphatic heterocycles. The first-order chi connectivity index (χ1) is 10.9. The van der Waals surface area contributed by atoms with Crippen LogP contribution in [0, 0.1) is 0 Å². The molecule has 0 saturated carbocycles. The second-order valence-electron chi connectivity index (χ2n) is 4.46. The predicted molar refractivity (Wildman–Crippen MR) is 79.3 cm³/mol. The second-order valence-corrected chi connectivity index (χ2v) is 4.89. The summed E-state index contributed by atoms with van der Waals surface area (Å²) in [4.78, 5) is 24.1. The molecule has 0 atom stereocenters. The molecule has 0 spiro atoms. The molecule has 0 radical (unpaired) electrons. The van der Waals surface area contributed by atoms with E-state index in [1.807, 2.05) is 0 Å². The molecule has 0 aromatic heterocycles. The molecule has 0 unspecified atom stereocenters. The summed E-state index contributed by atoms with van der Waals surface area (Å²) in [6.07, 6.45) is 0. The third-order valence-corrected chi connectivity index (χ3v) is 3.14. The number of carbonyl (C=O) groups excluding carboxylic acids is 2. The van der Waals surface area contributed by atoms with E-state index in [1.165, 1.54) is 18.2 Å². The number of halogens is 3. The van der Waals surface area contributed by atoms with Crippen LogP contribution in [-0.4, -0.2) is 25.5 Å². The average Bonchev–Trinajstić information content (AvgIpc) is 2.52. The van der Waals surface area contributed by atoms with Gasteiger partial charge in [0.15, 0.2) is 5.78 Å². The van der Waals surface area contributed by atoms with Crippen molar-refractivity contribution in [2.24, 2.45) is 0 Å². The number of rotatable bonds is 5. The van der Waals surface area contributed by atoms with Gasteiger partial charge < -0.3 is 9.47 Å². The van der Waals surface area contributed by atoms with Crippen molar-refractivity contribution < 1.29 is 27.8 Å². The molecule has 0 saturated heterocycles. The molecule has 4 nitrogen and oxygen atoms in total. The highest BCUT2D eigenvalue weighted by Gasteiger charge is 2.17. The van der Waals surface area contributed by atoms with Gasteiger partial charge in [0, 0.05) is 16.1 Å². The Morgan fingerprint density at radius 3 is 2.35 bits per heavy atom. The number of methoxy groups -OCH3 is 1. The number of benzene rings is 2. The maximum absolute atomic E-state index is 12.4. The van der Waals surface area contributed by atoms with Crippen LogP contribution in [0.5, 0.6) is 5.75 Å². The molecule has 0 N–H and O–H groups in total. The van der Waals surface area contributed by atoms with E-state index >= 15 is 0 Å². The summed E-state index contributed by atoms with van der Waals surface area (Å²) in [7, 11) is 1.14. The van der Waals surface area contributed by atoms with Crippen molar-refractivity contribution in [2.45, 2.75) is 6.61 Å². The summed E-state index contributed by atoms with van der Waals surface area (Å²) in [5.41, 5.74) is 0.185. The van der Waals surface area contributed by atoms with Crippen LogP contribution in [-0.2, 0) is 4.74 Å². The predicted octanol–water partition coefficient (Wildman–Crippen LogP) is 3.96. The van der Waals surface area contributed by atoms with Crippen LogP contribution in [0.15, 0.2) is 42.5 Å². The van der Waals surface area contributed by atoms with Gasteiger partial charge in [0.05, 0.1) is 12.7 Å². The first-order valence-electron chi connectivity index (χ1n) is 6.39. The Labute approximate surface area is 135 Å². The van der Waals surface area contributed by atoms with Crippen LogP contribution < -0.4 is 4.74 Å². The molecule has 2 aromatic carbocycles. The molecule has 0 fully saturated rings. The highest BCUT2D eigenvalue weighted by molar-refractivity contribution is 6.31. The standard InChI is InChI=1S/C16H11ClF2O4/c1-22-15(21)11-5-10(7-13(8-11)23-16(18)19)14(20)9-3-2-4-12(17)6-9/h2-8,16H,1H3. The highest BCUT2D eigenvalue weighted by atomic mass is 35.5. The minimum Gasteiger partial charge on any atom is -0.465 e. The zero-order valence-electron chi connectivity index (χ0n) is 11.9. The van der Waals surface area contributed by atoms with Crippen LogP contribution in [0.2, 0.25) is 5.02 Å². The topological polar surface area (TPSA) is 52.6 Å². The molecule has 0 amide bonds. The maximum Gasteiger partial charge on any atom is 0.387 e. The van der Waals surface area contributed by atoms with Gasteiger partial charge in [0.25, 0.3) is 0 Å². The van der Waals surface area contributed by atoms with E-state index < -0.39 is 18.4 Å². The summed E-state index contributed by atoms with van der Waals surface area (Å²) >= 11 is 5.83. The molecular weight excluding hydrogens is 330 g/mol. The smallest absolute Gasteiger partial charge is 0.387 e. The molecule has 2 rings (SSSR count). The summed E-state index contributed by atoms with van der Waals surface area (Å²) < 4.78 is 33.6. The number of esters is 1. The lowest BCUT2D eigenvalue weighted by Gasteiger charge is -2.09. The zero-order chi connectivity index (χ0) is 17.0. The Hall–Kier alpha value is -2.47.